The maximum atomic E-state index is 12.6. The van der Waals surface area contributed by atoms with Gasteiger partial charge in [0.2, 0.25) is 5.91 Å². The summed E-state index contributed by atoms with van der Waals surface area (Å²) in [4.78, 5) is 31.1. The van der Waals surface area contributed by atoms with Crippen molar-refractivity contribution in [3.8, 4) is 0 Å². The number of amides is 2. The topological polar surface area (TPSA) is 106 Å². The van der Waals surface area contributed by atoms with Crippen LogP contribution < -0.4 is 11.1 Å². The number of hydrogen-bond acceptors (Lipinski definition) is 6. The number of nitrogens with two attached hydrogens (primary N) is 1. The van der Waals surface area contributed by atoms with Crippen molar-refractivity contribution in [2.75, 3.05) is 45.6 Å². The van der Waals surface area contributed by atoms with Crippen molar-refractivity contribution in [3.05, 3.63) is 52.8 Å². The fourth-order valence-electron chi connectivity index (χ4n) is 3.91. The van der Waals surface area contributed by atoms with Gasteiger partial charge in [-0.1, -0.05) is 6.08 Å². The number of halogens is 3. The average Bonchev–Trinajstić information content (AvgIpc) is 2.76. The zero-order valence-corrected chi connectivity index (χ0v) is 19.6. The van der Waals surface area contributed by atoms with Crippen molar-refractivity contribution in [2.45, 2.75) is 19.7 Å². The van der Waals surface area contributed by atoms with Crippen molar-refractivity contribution in [1.82, 2.24) is 10.2 Å². The van der Waals surface area contributed by atoms with Crippen molar-refractivity contribution in [2.24, 2.45) is 16.8 Å². The van der Waals surface area contributed by atoms with Crippen molar-refractivity contribution < 1.29 is 32.2 Å². The molecule has 190 valence electrons. The van der Waals surface area contributed by atoms with Gasteiger partial charge in [-0.25, -0.2) is 0 Å². The maximum Gasteiger partial charge on any atom is 0.573 e. The highest BCUT2D eigenvalue weighted by Gasteiger charge is 2.35. The Balaban J connectivity index is 1.49. The number of anilines is 1. The molecule has 2 amide bonds. The van der Waals surface area contributed by atoms with Crippen molar-refractivity contribution in [3.63, 3.8) is 0 Å². The van der Waals surface area contributed by atoms with Crippen LogP contribution >= 0.6 is 0 Å². The van der Waals surface area contributed by atoms with Gasteiger partial charge in [-0.3, -0.25) is 14.6 Å². The third-order valence-electron chi connectivity index (χ3n) is 5.85. The zero-order chi connectivity index (χ0) is 25.6. The summed E-state index contributed by atoms with van der Waals surface area (Å²) >= 11 is 0. The molecule has 0 bridgehead atoms. The minimum Gasteiger partial charge on any atom is -0.406 e. The lowest BCUT2D eigenvalue weighted by molar-refractivity contribution is -0.303. The fourth-order valence-corrected chi connectivity index (χ4v) is 3.91. The normalized spacial score (nSPS) is 18.4. The van der Waals surface area contributed by atoms with E-state index in [0.29, 0.717) is 49.6 Å². The predicted molar refractivity (Wildman–Crippen MR) is 125 cm³/mol. The predicted octanol–water partition coefficient (Wildman–Crippen LogP) is 2.83. The summed E-state index contributed by atoms with van der Waals surface area (Å²) in [5.74, 6) is -0.977. The smallest absolute Gasteiger partial charge is 0.406 e. The lowest BCUT2D eigenvalue weighted by Gasteiger charge is -2.40. The monoisotopic (exact) mass is 494 g/mol. The van der Waals surface area contributed by atoms with Gasteiger partial charge in [-0.05, 0) is 43.2 Å². The van der Waals surface area contributed by atoms with E-state index in [2.05, 4.69) is 15.0 Å². The van der Waals surface area contributed by atoms with Crippen LogP contribution in [0.15, 0.2) is 41.1 Å². The number of carbonyl (C=O) groups excluding carboxylic acids is 2. The average molecular weight is 495 g/mol. The van der Waals surface area contributed by atoms with Crippen LogP contribution in [0, 0.1) is 18.8 Å². The van der Waals surface area contributed by atoms with Gasteiger partial charge in [0.15, 0.2) is 0 Å². The summed E-state index contributed by atoms with van der Waals surface area (Å²) in [6.45, 7) is 4.14. The first-order chi connectivity index (χ1) is 16.6. The van der Waals surface area contributed by atoms with Crippen LogP contribution in [0.1, 0.15) is 27.9 Å². The van der Waals surface area contributed by atoms with Gasteiger partial charge in [0.1, 0.15) is 5.76 Å². The molecule has 0 aromatic heterocycles. The first-order valence-electron chi connectivity index (χ1n) is 11.2. The van der Waals surface area contributed by atoms with E-state index in [1.807, 2.05) is 6.92 Å². The highest BCUT2D eigenvalue weighted by molar-refractivity contribution is 6.00. The summed E-state index contributed by atoms with van der Waals surface area (Å²) in [6, 6.07) is 3.34. The number of rotatable bonds is 9. The molecule has 1 unspecified atom stereocenters. The molecule has 11 heteroatoms. The van der Waals surface area contributed by atoms with Crippen molar-refractivity contribution in [1.29, 1.82) is 0 Å². The fraction of sp³-hybridized carbons (Fsp3) is 0.458. The van der Waals surface area contributed by atoms with Gasteiger partial charge in [0, 0.05) is 62.2 Å². The third kappa shape index (κ3) is 7.08. The number of methoxy groups -OCH3 is 1. The van der Waals surface area contributed by atoms with Crippen LogP contribution in [0.5, 0.6) is 0 Å². The molecule has 1 fully saturated rings. The Hall–Kier alpha value is -3.34. The Morgan fingerprint density at radius 2 is 2.06 bits per heavy atom. The van der Waals surface area contributed by atoms with Crippen LogP contribution in [-0.2, 0) is 14.3 Å². The summed E-state index contributed by atoms with van der Waals surface area (Å²) < 4.78 is 45.7. The minimum atomic E-state index is -4.75. The first kappa shape index (κ1) is 26.3. The quantitative estimate of drug-likeness (QED) is 0.312. The number of allylic oxidation sites excluding steroid dienone is 2. The molecule has 0 radical (unpaired) electrons. The molecule has 1 aromatic rings. The Morgan fingerprint density at radius 3 is 2.69 bits per heavy atom. The number of nitrogens with zero attached hydrogens (tertiary/aromatic N) is 2. The number of hydrogen-bond donors (Lipinski definition) is 2. The molecule has 1 heterocycles. The van der Waals surface area contributed by atoms with E-state index in [9.17, 15) is 22.8 Å². The van der Waals surface area contributed by atoms with Gasteiger partial charge in [-0.15, -0.1) is 13.2 Å². The van der Waals surface area contributed by atoms with E-state index in [1.165, 1.54) is 18.2 Å². The standard InChI is InChI=1S/C24H29F3N4O4/c1-15-19(22(32)30-9-10-34-2)7-8-21(28)20(15)12-29-11-16-13-31(14-16)23(33)17-3-5-18(6-4-17)35-24(25,26)27/h3,5-8,12,16-17H,4,9-11,13-14,28H2,1-2H3,(H,30,32). The molecule has 0 saturated carbocycles. The Bertz CT molecular complexity index is 1030. The van der Waals surface area contributed by atoms with Gasteiger partial charge in [-0.2, -0.15) is 0 Å². The van der Waals surface area contributed by atoms with Gasteiger partial charge < -0.3 is 25.4 Å². The number of benzene rings is 1. The van der Waals surface area contributed by atoms with Gasteiger partial charge in [0.05, 0.1) is 12.5 Å². The molecule has 1 saturated heterocycles. The zero-order valence-electron chi connectivity index (χ0n) is 19.6. The van der Waals surface area contributed by atoms with Gasteiger partial charge >= 0.3 is 6.36 Å². The van der Waals surface area contributed by atoms with E-state index in [0.717, 1.165) is 5.56 Å². The largest absolute Gasteiger partial charge is 0.573 e. The minimum absolute atomic E-state index is 0.129. The SMILES string of the molecule is COCCNC(=O)c1ccc(N)c(C=NCC2CN(C(=O)C3C=CC(OC(F)(F)F)=CC3)C2)c1C. The summed E-state index contributed by atoms with van der Waals surface area (Å²) in [5.41, 5.74) is 8.50. The molecule has 1 atom stereocenters. The Morgan fingerprint density at radius 1 is 1.31 bits per heavy atom. The third-order valence-corrected chi connectivity index (χ3v) is 5.85. The van der Waals surface area contributed by atoms with E-state index >= 15 is 0 Å². The van der Waals surface area contributed by atoms with Crippen molar-refractivity contribution >= 4 is 23.7 Å². The number of ether oxygens (including phenoxy) is 2. The van der Waals surface area contributed by atoms with E-state index in [4.69, 9.17) is 10.5 Å². The number of nitrogen functional groups attached to an aromatic ring is 1. The van der Waals surface area contributed by atoms with E-state index in [-0.39, 0.29) is 29.9 Å². The second-order valence-corrected chi connectivity index (χ2v) is 8.45. The molecule has 3 rings (SSSR count). The lowest BCUT2D eigenvalue weighted by atomic mass is 9.93. The summed E-state index contributed by atoms with van der Waals surface area (Å²) in [6.07, 6.45) is 0.959. The summed E-state index contributed by atoms with van der Waals surface area (Å²) in [7, 11) is 1.56. The molecule has 0 spiro atoms. The van der Waals surface area contributed by atoms with Crippen LogP contribution in [0.2, 0.25) is 0 Å². The number of likely N-dealkylation sites (tertiary alicyclic amines) is 1. The highest BCUT2D eigenvalue weighted by Crippen LogP contribution is 2.28. The lowest BCUT2D eigenvalue weighted by Crippen LogP contribution is -2.52. The van der Waals surface area contributed by atoms with E-state index < -0.39 is 12.3 Å². The molecule has 2 aliphatic rings. The summed E-state index contributed by atoms with van der Waals surface area (Å²) in [5, 5.41) is 2.78. The molecule has 1 aromatic carbocycles. The number of nitrogens with one attached hydrogen (secondary N) is 1. The molecule has 1 aliphatic heterocycles. The molecular formula is C24H29F3N4O4. The molecule has 35 heavy (non-hydrogen) atoms. The first-order valence-corrected chi connectivity index (χ1v) is 11.2. The Kier molecular flexibility index (Phi) is 8.55. The molecule has 1 aliphatic carbocycles. The maximum absolute atomic E-state index is 12.6. The molecular weight excluding hydrogens is 465 g/mol. The molecule has 3 N–H and O–H groups in total. The second-order valence-electron chi connectivity index (χ2n) is 8.45. The van der Waals surface area contributed by atoms with Crippen LogP contribution in [0.3, 0.4) is 0 Å². The van der Waals surface area contributed by atoms with Crippen LogP contribution in [0.25, 0.3) is 0 Å². The Labute approximate surface area is 201 Å². The highest BCUT2D eigenvalue weighted by atomic mass is 19.4. The number of carbonyl (C=O) groups is 2. The van der Waals surface area contributed by atoms with Gasteiger partial charge in [0.25, 0.3) is 5.91 Å². The van der Waals surface area contributed by atoms with E-state index in [1.54, 1.807) is 30.4 Å². The van der Waals surface area contributed by atoms with Crippen LogP contribution in [0.4, 0.5) is 18.9 Å². The number of alkyl halides is 3. The molecule has 8 nitrogen and oxygen atoms in total. The van der Waals surface area contributed by atoms with Crippen LogP contribution in [-0.4, -0.2) is 69.2 Å². The number of aliphatic imine (C=N–C) groups is 1. The second kappa shape index (κ2) is 11.4.